The number of nitrogens with one attached hydrogen (secondary N) is 1. The van der Waals surface area contributed by atoms with Crippen molar-refractivity contribution in [1.82, 2.24) is 15.2 Å². The van der Waals surface area contributed by atoms with Gasteiger partial charge in [0, 0.05) is 17.3 Å². The minimum atomic E-state index is 0.440. The number of ether oxygens (including phenoxy) is 2. The largest absolute Gasteiger partial charge is 0.493 e. The van der Waals surface area contributed by atoms with Crippen molar-refractivity contribution in [2.45, 2.75) is 13.8 Å². The van der Waals surface area contributed by atoms with Gasteiger partial charge in [0.05, 0.1) is 23.2 Å². The van der Waals surface area contributed by atoms with E-state index in [9.17, 15) is 0 Å². The minimum absolute atomic E-state index is 0.440. The second-order valence-corrected chi connectivity index (χ2v) is 8.55. The number of benzene rings is 3. The Hall–Kier alpha value is -4.32. The number of nitrogen functional groups attached to an aromatic ring is 1. The maximum Gasteiger partial charge on any atom is 0.153 e. The molecule has 0 aliphatic heterocycles. The van der Waals surface area contributed by atoms with E-state index in [-0.39, 0.29) is 0 Å². The van der Waals surface area contributed by atoms with Gasteiger partial charge in [-0.25, -0.2) is 0 Å². The van der Waals surface area contributed by atoms with Crippen LogP contribution < -0.4 is 15.2 Å². The van der Waals surface area contributed by atoms with Crippen molar-refractivity contribution < 1.29 is 9.47 Å². The molecule has 0 unspecified atom stereocenters. The molecule has 0 fully saturated rings. The number of H-pyrrole nitrogens is 1. The average Bonchev–Trinajstić information content (AvgIpc) is 3.25. The van der Waals surface area contributed by atoms with Crippen LogP contribution in [-0.2, 0) is 0 Å². The third-order valence-electron chi connectivity index (χ3n) is 5.48. The fourth-order valence-electron chi connectivity index (χ4n) is 3.80. The Bertz CT molecular complexity index is 1390. The molecule has 0 radical (unpaired) electrons. The summed E-state index contributed by atoms with van der Waals surface area (Å²) in [6, 6.07) is 25.5. The molecule has 170 valence electrons. The van der Waals surface area contributed by atoms with E-state index in [1.54, 1.807) is 0 Å². The smallest absolute Gasteiger partial charge is 0.153 e. The molecule has 0 aliphatic rings. The topological polar surface area (TPSA) is 86.1 Å². The van der Waals surface area contributed by atoms with Crippen LogP contribution >= 0.6 is 0 Å². The quantitative estimate of drug-likeness (QED) is 0.288. The van der Waals surface area contributed by atoms with Crippen LogP contribution in [0.5, 0.6) is 17.2 Å². The Morgan fingerprint density at radius 3 is 2.18 bits per heavy atom. The summed E-state index contributed by atoms with van der Waals surface area (Å²) in [6.07, 6.45) is 1.85. The number of anilines is 1. The van der Waals surface area contributed by atoms with Gasteiger partial charge in [0.15, 0.2) is 5.82 Å². The molecule has 3 N–H and O–H groups in total. The summed E-state index contributed by atoms with van der Waals surface area (Å²) in [6.45, 7) is 4.94. The summed E-state index contributed by atoms with van der Waals surface area (Å²) in [5.74, 6) is 3.31. The van der Waals surface area contributed by atoms with Gasteiger partial charge in [-0.15, -0.1) is 0 Å². The highest BCUT2D eigenvalue weighted by atomic mass is 16.5. The number of hydrogen-bond acceptors (Lipinski definition) is 5. The van der Waals surface area contributed by atoms with Crippen LogP contribution in [0.2, 0.25) is 0 Å². The zero-order chi connectivity index (χ0) is 23.5. The highest BCUT2D eigenvalue weighted by molar-refractivity contribution is 6.06. The molecule has 5 aromatic rings. The Morgan fingerprint density at radius 1 is 0.824 bits per heavy atom. The molecule has 6 heteroatoms. The first-order valence-corrected chi connectivity index (χ1v) is 11.3. The number of aromatic nitrogens is 3. The maximum absolute atomic E-state index is 6.27. The van der Waals surface area contributed by atoms with Crippen LogP contribution in [-0.4, -0.2) is 21.8 Å². The van der Waals surface area contributed by atoms with E-state index >= 15 is 0 Å². The first-order valence-electron chi connectivity index (χ1n) is 11.3. The standard InChI is InChI=1S/C28H26N4O2/c1-18(2)17-33-21-12-10-20(11-13-21)26-27-25(28(29)32-31-27)24(16-30-26)19-8-14-23(15-9-19)34-22-6-4-3-5-7-22/h3-16,18H,17H2,1-2H3,(H3,29,31,32). The fourth-order valence-corrected chi connectivity index (χ4v) is 3.80. The average molecular weight is 451 g/mol. The highest BCUT2D eigenvalue weighted by Gasteiger charge is 2.16. The van der Waals surface area contributed by atoms with E-state index in [2.05, 4.69) is 24.0 Å². The number of fused-ring (bicyclic) bond motifs is 1. The molecule has 0 spiro atoms. The Balaban J connectivity index is 1.45. The van der Waals surface area contributed by atoms with Gasteiger partial charge in [-0.1, -0.05) is 44.2 Å². The van der Waals surface area contributed by atoms with Crippen molar-refractivity contribution in [3.8, 4) is 39.6 Å². The summed E-state index contributed by atoms with van der Waals surface area (Å²) in [5, 5.41) is 8.19. The number of para-hydroxylation sites is 1. The fraction of sp³-hybridized carbons (Fsp3) is 0.143. The number of rotatable bonds is 7. The van der Waals surface area contributed by atoms with Crippen LogP contribution in [0.3, 0.4) is 0 Å². The monoisotopic (exact) mass is 450 g/mol. The molecular formula is C28H26N4O2. The summed E-state index contributed by atoms with van der Waals surface area (Å²) in [4.78, 5) is 4.76. The van der Waals surface area contributed by atoms with Crippen LogP contribution in [0.4, 0.5) is 5.82 Å². The lowest BCUT2D eigenvalue weighted by Gasteiger charge is -2.11. The van der Waals surface area contributed by atoms with Crippen LogP contribution in [0, 0.1) is 5.92 Å². The van der Waals surface area contributed by atoms with Gasteiger partial charge < -0.3 is 15.2 Å². The van der Waals surface area contributed by atoms with Crippen molar-refractivity contribution in [1.29, 1.82) is 0 Å². The summed E-state index contributed by atoms with van der Waals surface area (Å²) < 4.78 is 11.7. The lowest BCUT2D eigenvalue weighted by molar-refractivity contribution is 0.271. The molecule has 0 saturated heterocycles. The molecule has 0 atom stereocenters. The predicted molar refractivity (Wildman–Crippen MR) is 136 cm³/mol. The molecule has 6 nitrogen and oxygen atoms in total. The van der Waals surface area contributed by atoms with Crippen LogP contribution in [0.25, 0.3) is 33.3 Å². The van der Waals surface area contributed by atoms with E-state index < -0.39 is 0 Å². The number of nitrogens with two attached hydrogens (primary N) is 1. The molecule has 0 aliphatic carbocycles. The SMILES string of the molecule is CC(C)COc1ccc(-c2ncc(-c3ccc(Oc4ccccc4)cc3)c3c(N)n[nH]c23)cc1. The van der Waals surface area contributed by atoms with Gasteiger partial charge >= 0.3 is 0 Å². The van der Waals surface area contributed by atoms with Gasteiger partial charge in [-0.3, -0.25) is 10.1 Å². The molecule has 0 amide bonds. The third kappa shape index (κ3) is 4.43. The molecular weight excluding hydrogens is 424 g/mol. The van der Waals surface area contributed by atoms with Crippen LogP contribution in [0.1, 0.15) is 13.8 Å². The number of hydrogen-bond donors (Lipinski definition) is 2. The van der Waals surface area contributed by atoms with Crippen molar-refractivity contribution in [3.05, 3.63) is 85.1 Å². The summed E-state index contributed by atoms with van der Waals surface area (Å²) >= 11 is 0. The van der Waals surface area contributed by atoms with Crippen molar-refractivity contribution in [3.63, 3.8) is 0 Å². The van der Waals surface area contributed by atoms with E-state index in [0.29, 0.717) is 18.3 Å². The molecule has 5 rings (SSSR count). The second-order valence-electron chi connectivity index (χ2n) is 8.55. The molecule has 2 heterocycles. The third-order valence-corrected chi connectivity index (χ3v) is 5.48. The normalized spacial score (nSPS) is 11.1. The first kappa shape index (κ1) is 21.5. The Morgan fingerprint density at radius 2 is 1.47 bits per heavy atom. The van der Waals surface area contributed by atoms with Gasteiger partial charge in [-0.05, 0) is 60.0 Å². The van der Waals surface area contributed by atoms with E-state index in [1.807, 2.05) is 85.1 Å². The highest BCUT2D eigenvalue weighted by Crippen LogP contribution is 2.36. The minimum Gasteiger partial charge on any atom is -0.493 e. The lowest BCUT2D eigenvalue weighted by Crippen LogP contribution is -2.04. The second kappa shape index (κ2) is 9.27. The van der Waals surface area contributed by atoms with Gasteiger partial charge in [-0.2, -0.15) is 5.10 Å². The number of aromatic amines is 1. The van der Waals surface area contributed by atoms with E-state index in [4.69, 9.17) is 20.2 Å². The van der Waals surface area contributed by atoms with Gasteiger partial charge in [0.1, 0.15) is 17.2 Å². The zero-order valence-electron chi connectivity index (χ0n) is 19.2. The summed E-state index contributed by atoms with van der Waals surface area (Å²) in [7, 11) is 0. The zero-order valence-corrected chi connectivity index (χ0v) is 19.2. The Kier molecular flexibility index (Phi) is 5.87. The molecule has 0 saturated carbocycles. The van der Waals surface area contributed by atoms with E-state index in [0.717, 1.165) is 50.5 Å². The number of nitrogens with zero attached hydrogens (tertiary/aromatic N) is 2. The van der Waals surface area contributed by atoms with E-state index in [1.165, 1.54) is 0 Å². The summed E-state index contributed by atoms with van der Waals surface area (Å²) in [5.41, 5.74) is 10.7. The number of pyridine rings is 1. The van der Waals surface area contributed by atoms with Crippen LogP contribution in [0.15, 0.2) is 85.1 Å². The molecule has 2 aromatic heterocycles. The Labute approximate surface area is 198 Å². The van der Waals surface area contributed by atoms with Crippen molar-refractivity contribution in [2.24, 2.45) is 5.92 Å². The first-order chi connectivity index (χ1) is 16.6. The lowest BCUT2D eigenvalue weighted by atomic mass is 10.0. The van der Waals surface area contributed by atoms with Gasteiger partial charge in [0.25, 0.3) is 0 Å². The van der Waals surface area contributed by atoms with Crippen molar-refractivity contribution >= 4 is 16.7 Å². The van der Waals surface area contributed by atoms with Crippen molar-refractivity contribution in [2.75, 3.05) is 12.3 Å². The molecule has 34 heavy (non-hydrogen) atoms. The maximum atomic E-state index is 6.27. The van der Waals surface area contributed by atoms with Gasteiger partial charge in [0.2, 0.25) is 0 Å². The predicted octanol–water partition coefficient (Wildman–Crippen LogP) is 6.70. The molecule has 3 aromatic carbocycles. The molecule has 0 bridgehead atoms.